The highest BCUT2D eigenvalue weighted by molar-refractivity contribution is 7.84. The minimum Gasteiger partial charge on any atom is -0.475 e. The van der Waals surface area contributed by atoms with E-state index in [1.54, 1.807) is 0 Å². The number of hydrogen-bond donors (Lipinski definition) is 2. The highest BCUT2D eigenvalue weighted by Gasteiger charge is 2.14. The maximum atomic E-state index is 11.9. The van der Waals surface area contributed by atoms with E-state index in [1.165, 1.54) is 36.4 Å². The fraction of sp³-hybridized carbons (Fsp3) is 0.143. The van der Waals surface area contributed by atoms with Gasteiger partial charge in [-0.25, -0.2) is 4.79 Å². The molecule has 1 heterocycles. The number of hydrogen-bond acceptors (Lipinski definition) is 6. The molecule has 2 aromatic rings. The van der Waals surface area contributed by atoms with Crippen LogP contribution in [0.25, 0.3) is 0 Å². The number of carbonyl (C=O) groups excluding carboxylic acids is 1. The van der Waals surface area contributed by atoms with Crippen molar-refractivity contribution in [2.75, 3.05) is 11.1 Å². The van der Waals surface area contributed by atoms with Crippen LogP contribution < -0.4 is 5.32 Å². The third-order valence-corrected chi connectivity index (χ3v) is 4.02. The van der Waals surface area contributed by atoms with Gasteiger partial charge in [0.15, 0.2) is 0 Å². The van der Waals surface area contributed by atoms with E-state index in [1.807, 2.05) is 0 Å². The number of nitrogens with one attached hydrogen (secondary N) is 1. The molecule has 24 heavy (non-hydrogen) atoms. The average molecular weight is 352 g/mol. The summed E-state index contributed by atoms with van der Waals surface area (Å²) >= 11 is 0. The van der Waals surface area contributed by atoms with Crippen LogP contribution in [-0.2, 0) is 21.3 Å². The van der Waals surface area contributed by atoms with E-state index in [4.69, 9.17) is 9.52 Å². The molecule has 1 aromatic carbocycles. The Morgan fingerprint density at radius 2 is 1.88 bits per heavy atom. The highest BCUT2D eigenvalue weighted by Crippen LogP contribution is 2.15. The number of aromatic carboxylic acids is 1. The summed E-state index contributed by atoms with van der Waals surface area (Å²) in [6.45, 7) is 0. The number of nitro groups is 1. The Balaban J connectivity index is 1.87. The van der Waals surface area contributed by atoms with Gasteiger partial charge in [0.2, 0.25) is 11.7 Å². The number of benzene rings is 1. The van der Waals surface area contributed by atoms with Crippen molar-refractivity contribution in [2.45, 2.75) is 5.75 Å². The Morgan fingerprint density at radius 1 is 1.21 bits per heavy atom. The van der Waals surface area contributed by atoms with Crippen molar-refractivity contribution in [3.8, 4) is 0 Å². The van der Waals surface area contributed by atoms with Gasteiger partial charge in [0.1, 0.15) is 11.5 Å². The minimum atomic E-state index is -1.59. The van der Waals surface area contributed by atoms with Crippen LogP contribution in [0.5, 0.6) is 0 Å². The Bertz CT molecular complexity index is 798. The van der Waals surface area contributed by atoms with Crippen molar-refractivity contribution in [3.63, 3.8) is 0 Å². The molecule has 0 aliphatic heterocycles. The standard InChI is InChI=1S/C14H12N2O7S/c17-13(15-9-1-3-10(4-2-9)16(20)21)8-24(22)7-11-5-6-12(23-11)14(18)19/h1-6H,7-8H2,(H,15,17)(H,18,19). The number of furan rings is 1. The fourth-order valence-corrected chi connectivity index (χ4v) is 2.73. The molecule has 0 saturated carbocycles. The molecule has 9 nitrogen and oxygen atoms in total. The first-order chi connectivity index (χ1) is 11.3. The maximum Gasteiger partial charge on any atom is 0.371 e. The lowest BCUT2D eigenvalue weighted by molar-refractivity contribution is -0.384. The van der Waals surface area contributed by atoms with Gasteiger partial charge < -0.3 is 14.8 Å². The van der Waals surface area contributed by atoms with Gasteiger partial charge in [0.25, 0.3) is 5.69 Å². The van der Waals surface area contributed by atoms with E-state index in [-0.39, 0.29) is 28.7 Å². The highest BCUT2D eigenvalue weighted by atomic mass is 32.2. The molecule has 1 unspecified atom stereocenters. The Morgan fingerprint density at radius 3 is 2.42 bits per heavy atom. The molecule has 2 N–H and O–H groups in total. The van der Waals surface area contributed by atoms with Gasteiger partial charge in [-0.15, -0.1) is 0 Å². The van der Waals surface area contributed by atoms with Crippen LogP contribution in [0.3, 0.4) is 0 Å². The van der Waals surface area contributed by atoms with Crippen molar-refractivity contribution < 1.29 is 28.2 Å². The number of carboxylic acid groups (broad SMARTS) is 1. The number of nitrogens with zero attached hydrogens (tertiary/aromatic N) is 1. The number of rotatable bonds is 7. The fourth-order valence-electron chi connectivity index (χ4n) is 1.79. The predicted molar refractivity (Wildman–Crippen MR) is 84.1 cm³/mol. The first-order valence-electron chi connectivity index (χ1n) is 6.56. The van der Waals surface area contributed by atoms with Gasteiger partial charge in [0, 0.05) is 28.6 Å². The number of amides is 1. The number of carboxylic acids is 1. The van der Waals surface area contributed by atoms with Crippen LogP contribution in [0.15, 0.2) is 40.8 Å². The normalized spacial score (nSPS) is 11.7. The topological polar surface area (TPSA) is 140 Å². The van der Waals surface area contributed by atoms with Gasteiger partial charge in [-0.05, 0) is 24.3 Å². The van der Waals surface area contributed by atoms with E-state index in [0.717, 1.165) is 0 Å². The summed E-state index contributed by atoms with van der Waals surface area (Å²) in [5, 5.41) is 21.7. The van der Waals surface area contributed by atoms with E-state index in [9.17, 15) is 23.9 Å². The molecule has 126 valence electrons. The molecule has 2 rings (SSSR count). The van der Waals surface area contributed by atoms with Gasteiger partial charge in [-0.1, -0.05) is 0 Å². The molecule has 0 radical (unpaired) electrons. The summed E-state index contributed by atoms with van der Waals surface area (Å²) in [5.74, 6) is -2.25. The minimum absolute atomic E-state index is 0.0963. The summed E-state index contributed by atoms with van der Waals surface area (Å²) in [6.07, 6.45) is 0. The zero-order valence-corrected chi connectivity index (χ0v) is 12.9. The molecule has 0 bridgehead atoms. The molecule has 0 aliphatic carbocycles. The van der Waals surface area contributed by atoms with Crippen LogP contribution in [0, 0.1) is 10.1 Å². The first-order valence-corrected chi connectivity index (χ1v) is 8.05. The molecule has 0 spiro atoms. The van der Waals surface area contributed by atoms with Gasteiger partial charge in [0.05, 0.1) is 10.7 Å². The quantitative estimate of drug-likeness (QED) is 0.571. The zero-order valence-electron chi connectivity index (χ0n) is 12.1. The van der Waals surface area contributed by atoms with Crippen molar-refractivity contribution >= 4 is 34.1 Å². The summed E-state index contributed by atoms with van der Waals surface area (Å²) in [4.78, 5) is 32.4. The predicted octanol–water partition coefficient (Wildman–Crippen LogP) is 1.77. The lowest BCUT2D eigenvalue weighted by Gasteiger charge is -2.04. The van der Waals surface area contributed by atoms with Gasteiger partial charge in [-0.2, -0.15) is 0 Å². The SMILES string of the molecule is O=C(CS(=O)Cc1ccc(C(=O)O)o1)Nc1ccc([N+](=O)[O-])cc1. The van der Waals surface area contributed by atoms with E-state index in [0.29, 0.717) is 5.69 Å². The molecule has 10 heteroatoms. The Labute approximate surface area is 137 Å². The first kappa shape index (κ1) is 17.3. The van der Waals surface area contributed by atoms with Crippen molar-refractivity contribution in [1.29, 1.82) is 0 Å². The maximum absolute atomic E-state index is 11.9. The Hall–Kier alpha value is -3.01. The van der Waals surface area contributed by atoms with Crippen LogP contribution in [0.2, 0.25) is 0 Å². The third-order valence-electron chi connectivity index (χ3n) is 2.83. The second-order valence-corrected chi connectivity index (χ2v) is 6.11. The van der Waals surface area contributed by atoms with Crippen LogP contribution >= 0.6 is 0 Å². The number of nitro benzene ring substituents is 1. The summed E-state index contributed by atoms with van der Waals surface area (Å²) in [7, 11) is -1.59. The van der Waals surface area contributed by atoms with E-state index in [2.05, 4.69) is 5.32 Å². The molecule has 1 aromatic heterocycles. The molecule has 1 amide bonds. The van der Waals surface area contributed by atoms with Gasteiger partial charge >= 0.3 is 5.97 Å². The second kappa shape index (κ2) is 7.51. The zero-order chi connectivity index (χ0) is 17.7. The third kappa shape index (κ3) is 4.74. The molecule has 1 atom stereocenters. The van der Waals surface area contributed by atoms with Crippen molar-refractivity contribution in [3.05, 3.63) is 58.0 Å². The van der Waals surface area contributed by atoms with E-state index < -0.39 is 27.6 Å². The summed E-state index contributed by atoms with van der Waals surface area (Å²) in [6, 6.07) is 7.84. The monoisotopic (exact) mass is 352 g/mol. The largest absolute Gasteiger partial charge is 0.475 e. The van der Waals surface area contributed by atoms with Crippen LogP contribution in [0.1, 0.15) is 16.3 Å². The van der Waals surface area contributed by atoms with Crippen LogP contribution in [0.4, 0.5) is 11.4 Å². The summed E-state index contributed by atoms with van der Waals surface area (Å²) < 4.78 is 16.9. The number of non-ortho nitro benzene ring substituents is 1. The lowest BCUT2D eigenvalue weighted by atomic mass is 10.3. The lowest BCUT2D eigenvalue weighted by Crippen LogP contribution is -2.20. The molecule has 0 saturated heterocycles. The molecular formula is C14H12N2O7S. The van der Waals surface area contributed by atoms with Gasteiger partial charge in [-0.3, -0.25) is 19.1 Å². The smallest absolute Gasteiger partial charge is 0.371 e. The molecular weight excluding hydrogens is 340 g/mol. The second-order valence-electron chi connectivity index (χ2n) is 4.65. The summed E-state index contributed by atoms with van der Waals surface area (Å²) in [5.41, 5.74) is 0.234. The van der Waals surface area contributed by atoms with Crippen molar-refractivity contribution in [1.82, 2.24) is 0 Å². The number of anilines is 1. The number of carbonyl (C=O) groups is 2. The average Bonchev–Trinajstić information content (AvgIpc) is 2.96. The molecule has 0 fully saturated rings. The Kier molecular flexibility index (Phi) is 5.42. The molecule has 0 aliphatic rings. The van der Waals surface area contributed by atoms with Crippen LogP contribution in [-0.4, -0.2) is 31.9 Å². The van der Waals surface area contributed by atoms with E-state index >= 15 is 0 Å². The van der Waals surface area contributed by atoms with Crippen molar-refractivity contribution in [2.24, 2.45) is 0 Å².